The minimum Gasteiger partial charge on any atom is -0.305 e. The molecule has 17 heavy (non-hydrogen) atoms. The lowest BCUT2D eigenvalue weighted by Gasteiger charge is -2.27. The number of likely N-dealkylation sites (N-methyl/N-ethyl adjacent to an activating group) is 1. The molecule has 0 unspecified atom stereocenters. The summed E-state index contributed by atoms with van der Waals surface area (Å²) in [6.07, 6.45) is 4.62. The first-order valence-corrected chi connectivity index (χ1v) is 6.00. The minimum atomic E-state index is -0.257. The molecule has 0 atom stereocenters. The van der Waals surface area contributed by atoms with Crippen LogP contribution in [0.15, 0.2) is 24.5 Å². The minimum absolute atomic E-state index is 0.244. The molecule has 1 aromatic heterocycles. The largest absolute Gasteiger partial charge is 0.305 e. The van der Waals surface area contributed by atoms with Gasteiger partial charge in [-0.3, -0.25) is 9.78 Å². The highest BCUT2D eigenvalue weighted by Crippen LogP contribution is 2.17. The van der Waals surface area contributed by atoms with Gasteiger partial charge in [0.05, 0.1) is 0 Å². The summed E-state index contributed by atoms with van der Waals surface area (Å²) in [5, 5.41) is 0. The lowest BCUT2D eigenvalue weighted by molar-refractivity contribution is -0.125. The van der Waals surface area contributed by atoms with Crippen molar-refractivity contribution in [3.05, 3.63) is 30.1 Å². The third-order valence-corrected chi connectivity index (χ3v) is 3.15. The molecule has 0 bridgehead atoms. The zero-order chi connectivity index (χ0) is 12.9. The van der Waals surface area contributed by atoms with Crippen molar-refractivity contribution in [2.24, 2.45) is 5.41 Å². The standard InChI is InChI=1S/C14H22N2O/c1-12(17)14(2,3)11-16(4)10-7-13-5-8-15-9-6-13/h5-6,8-9H,7,10-11H2,1-4H3. The molecule has 3 nitrogen and oxygen atoms in total. The predicted octanol–water partition coefficient (Wildman–Crippen LogP) is 2.17. The maximum absolute atomic E-state index is 11.4. The molecule has 1 heterocycles. The highest BCUT2D eigenvalue weighted by Gasteiger charge is 2.24. The Balaban J connectivity index is 2.41. The number of rotatable bonds is 6. The first kappa shape index (κ1) is 13.8. The van der Waals surface area contributed by atoms with E-state index in [-0.39, 0.29) is 11.2 Å². The summed E-state index contributed by atoms with van der Waals surface area (Å²) in [6.45, 7) is 7.42. The molecule has 0 N–H and O–H groups in total. The zero-order valence-electron chi connectivity index (χ0n) is 11.2. The third kappa shape index (κ3) is 4.65. The lowest BCUT2D eigenvalue weighted by atomic mass is 9.88. The fraction of sp³-hybridized carbons (Fsp3) is 0.571. The van der Waals surface area contributed by atoms with Gasteiger partial charge in [0.1, 0.15) is 5.78 Å². The van der Waals surface area contributed by atoms with Gasteiger partial charge in [0.15, 0.2) is 0 Å². The van der Waals surface area contributed by atoms with Crippen LogP contribution in [0.3, 0.4) is 0 Å². The number of Topliss-reactive ketones (excluding diaryl/α,β-unsaturated/α-hetero) is 1. The van der Waals surface area contributed by atoms with E-state index >= 15 is 0 Å². The van der Waals surface area contributed by atoms with E-state index < -0.39 is 0 Å². The molecule has 1 rings (SSSR count). The molecule has 0 fully saturated rings. The molecule has 0 aliphatic carbocycles. The molecule has 0 aromatic carbocycles. The monoisotopic (exact) mass is 234 g/mol. The van der Waals surface area contributed by atoms with Crippen molar-refractivity contribution in [1.29, 1.82) is 0 Å². The molecule has 3 heteroatoms. The number of carbonyl (C=O) groups excluding carboxylic acids is 1. The van der Waals surface area contributed by atoms with Crippen LogP contribution >= 0.6 is 0 Å². The van der Waals surface area contributed by atoms with Crippen molar-refractivity contribution in [2.75, 3.05) is 20.1 Å². The highest BCUT2D eigenvalue weighted by atomic mass is 16.1. The number of carbonyl (C=O) groups is 1. The molecule has 0 saturated carbocycles. The first-order chi connectivity index (χ1) is 7.92. The average molecular weight is 234 g/mol. The van der Waals surface area contributed by atoms with Crippen molar-refractivity contribution >= 4 is 5.78 Å². The fourth-order valence-corrected chi connectivity index (χ4v) is 1.73. The van der Waals surface area contributed by atoms with Crippen LogP contribution in [0.25, 0.3) is 0 Å². The molecule has 0 amide bonds. The number of ketones is 1. The number of aromatic nitrogens is 1. The summed E-state index contributed by atoms with van der Waals surface area (Å²) in [7, 11) is 2.06. The van der Waals surface area contributed by atoms with E-state index in [4.69, 9.17) is 0 Å². The molecular formula is C14H22N2O. The van der Waals surface area contributed by atoms with Crippen molar-refractivity contribution < 1.29 is 4.79 Å². The van der Waals surface area contributed by atoms with E-state index in [1.807, 2.05) is 38.4 Å². The Morgan fingerprint density at radius 2 is 1.94 bits per heavy atom. The molecule has 0 aliphatic rings. The van der Waals surface area contributed by atoms with Gasteiger partial charge >= 0.3 is 0 Å². The van der Waals surface area contributed by atoms with E-state index in [2.05, 4.69) is 16.9 Å². The average Bonchev–Trinajstić information content (AvgIpc) is 2.27. The number of hydrogen-bond acceptors (Lipinski definition) is 3. The first-order valence-electron chi connectivity index (χ1n) is 6.00. The van der Waals surface area contributed by atoms with Crippen LogP contribution in [0, 0.1) is 5.41 Å². The molecule has 0 aliphatic heterocycles. The Morgan fingerprint density at radius 1 is 1.35 bits per heavy atom. The Kier molecular flexibility index (Phi) is 4.82. The van der Waals surface area contributed by atoms with Gasteiger partial charge in [-0.05, 0) is 38.1 Å². The molecular weight excluding hydrogens is 212 g/mol. The van der Waals surface area contributed by atoms with E-state index in [1.54, 1.807) is 6.92 Å². The van der Waals surface area contributed by atoms with Gasteiger partial charge in [-0.2, -0.15) is 0 Å². The van der Waals surface area contributed by atoms with Gasteiger partial charge in [0.25, 0.3) is 0 Å². The quantitative estimate of drug-likeness (QED) is 0.756. The Morgan fingerprint density at radius 3 is 2.47 bits per heavy atom. The second-order valence-corrected chi connectivity index (χ2v) is 5.28. The third-order valence-electron chi connectivity index (χ3n) is 3.15. The molecule has 94 valence electrons. The van der Waals surface area contributed by atoms with Crippen LogP contribution in [-0.2, 0) is 11.2 Å². The smallest absolute Gasteiger partial charge is 0.136 e. The SMILES string of the molecule is CC(=O)C(C)(C)CN(C)CCc1ccncc1. The Labute approximate surface area is 104 Å². The Hall–Kier alpha value is -1.22. The summed E-state index contributed by atoms with van der Waals surface area (Å²) in [6, 6.07) is 4.06. The van der Waals surface area contributed by atoms with Crippen molar-refractivity contribution in [3.8, 4) is 0 Å². The van der Waals surface area contributed by atoms with Crippen LogP contribution < -0.4 is 0 Å². The summed E-state index contributed by atoms with van der Waals surface area (Å²) in [5.41, 5.74) is 1.03. The van der Waals surface area contributed by atoms with E-state index in [1.165, 1.54) is 5.56 Å². The van der Waals surface area contributed by atoms with Crippen LogP contribution in [0.5, 0.6) is 0 Å². The van der Waals surface area contributed by atoms with Crippen LogP contribution in [-0.4, -0.2) is 35.8 Å². The van der Waals surface area contributed by atoms with Gasteiger partial charge < -0.3 is 4.90 Å². The van der Waals surface area contributed by atoms with E-state index in [0.717, 1.165) is 19.5 Å². The molecule has 0 radical (unpaired) electrons. The summed E-state index contributed by atoms with van der Waals surface area (Å²) in [5.74, 6) is 0.244. The van der Waals surface area contributed by atoms with Crippen LogP contribution in [0.1, 0.15) is 26.3 Å². The maximum atomic E-state index is 11.4. The van der Waals surface area contributed by atoms with Crippen molar-refractivity contribution in [3.63, 3.8) is 0 Å². The van der Waals surface area contributed by atoms with Gasteiger partial charge in [-0.25, -0.2) is 0 Å². The summed E-state index contributed by atoms with van der Waals surface area (Å²) < 4.78 is 0. The zero-order valence-corrected chi connectivity index (χ0v) is 11.2. The summed E-state index contributed by atoms with van der Waals surface area (Å²) >= 11 is 0. The number of hydrogen-bond donors (Lipinski definition) is 0. The normalized spacial score (nSPS) is 11.8. The predicted molar refractivity (Wildman–Crippen MR) is 69.9 cm³/mol. The van der Waals surface area contributed by atoms with E-state index in [9.17, 15) is 4.79 Å². The summed E-state index contributed by atoms with van der Waals surface area (Å²) in [4.78, 5) is 17.6. The Bertz CT molecular complexity index is 360. The van der Waals surface area contributed by atoms with E-state index in [0.29, 0.717) is 0 Å². The lowest BCUT2D eigenvalue weighted by Crippen LogP contribution is -2.37. The second-order valence-electron chi connectivity index (χ2n) is 5.28. The van der Waals surface area contributed by atoms with Gasteiger partial charge in [0, 0.05) is 30.9 Å². The van der Waals surface area contributed by atoms with Crippen LogP contribution in [0.2, 0.25) is 0 Å². The van der Waals surface area contributed by atoms with Crippen molar-refractivity contribution in [1.82, 2.24) is 9.88 Å². The number of nitrogens with zero attached hydrogens (tertiary/aromatic N) is 2. The highest BCUT2D eigenvalue weighted by molar-refractivity contribution is 5.81. The van der Waals surface area contributed by atoms with Crippen LogP contribution in [0.4, 0.5) is 0 Å². The maximum Gasteiger partial charge on any atom is 0.136 e. The fourth-order valence-electron chi connectivity index (χ4n) is 1.73. The number of pyridine rings is 1. The molecule has 0 spiro atoms. The van der Waals surface area contributed by atoms with Gasteiger partial charge in [0.2, 0.25) is 0 Å². The second kappa shape index (κ2) is 5.92. The molecule has 1 aromatic rings. The van der Waals surface area contributed by atoms with Gasteiger partial charge in [-0.1, -0.05) is 13.8 Å². The van der Waals surface area contributed by atoms with Gasteiger partial charge in [-0.15, -0.1) is 0 Å². The molecule has 0 saturated heterocycles. The van der Waals surface area contributed by atoms with Crippen molar-refractivity contribution in [2.45, 2.75) is 27.2 Å². The topological polar surface area (TPSA) is 33.2 Å².